The second kappa shape index (κ2) is 7.82. The van der Waals surface area contributed by atoms with Crippen LogP contribution in [0.3, 0.4) is 0 Å². The van der Waals surface area contributed by atoms with E-state index >= 15 is 0 Å². The molecule has 0 spiro atoms. The summed E-state index contributed by atoms with van der Waals surface area (Å²) in [5.41, 5.74) is 2.31. The molecule has 1 amide bonds. The number of nitrogens with one attached hydrogen (secondary N) is 2. The van der Waals surface area contributed by atoms with Gasteiger partial charge in [0, 0.05) is 5.70 Å². The van der Waals surface area contributed by atoms with Crippen molar-refractivity contribution >= 4 is 5.91 Å². The van der Waals surface area contributed by atoms with Crippen molar-refractivity contribution in [2.45, 2.75) is 26.3 Å². The van der Waals surface area contributed by atoms with Crippen molar-refractivity contribution in [1.82, 2.24) is 10.8 Å². The number of hydroxylamine groups is 1. The Morgan fingerprint density at radius 1 is 1.60 bits per heavy atom. The largest absolute Gasteiger partial charge is 0.374 e. The fourth-order valence-electron chi connectivity index (χ4n) is 0.895. The molecule has 0 fully saturated rings. The summed E-state index contributed by atoms with van der Waals surface area (Å²) in [7, 11) is 0. The average molecular weight is 210 g/mol. The highest BCUT2D eigenvalue weighted by atomic mass is 16.5. The van der Waals surface area contributed by atoms with Gasteiger partial charge in [-0.05, 0) is 25.5 Å². The van der Waals surface area contributed by atoms with Gasteiger partial charge in [0.1, 0.15) is 6.04 Å². The molecule has 0 aromatic carbocycles. The summed E-state index contributed by atoms with van der Waals surface area (Å²) >= 11 is 0. The number of carbonyl (C=O) groups is 1. The van der Waals surface area contributed by atoms with Gasteiger partial charge in [0.2, 0.25) is 0 Å². The smallest absolute Gasteiger partial charge is 0.265 e. The van der Waals surface area contributed by atoms with E-state index in [0.717, 1.165) is 12.1 Å². The summed E-state index contributed by atoms with van der Waals surface area (Å²) in [6.45, 7) is 7.30. The van der Waals surface area contributed by atoms with Crippen LogP contribution in [0.15, 0.2) is 36.6 Å². The van der Waals surface area contributed by atoms with Crippen LogP contribution in [-0.4, -0.2) is 17.2 Å². The van der Waals surface area contributed by atoms with Crippen LogP contribution in [0, 0.1) is 0 Å². The van der Waals surface area contributed by atoms with Crippen molar-refractivity contribution in [3.05, 3.63) is 36.6 Å². The van der Waals surface area contributed by atoms with Crippen molar-refractivity contribution in [1.29, 1.82) is 0 Å². The summed E-state index contributed by atoms with van der Waals surface area (Å²) in [5, 5.41) is 11.3. The first-order chi connectivity index (χ1) is 7.15. The van der Waals surface area contributed by atoms with Crippen molar-refractivity contribution < 1.29 is 10.0 Å². The maximum absolute atomic E-state index is 11.0. The van der Waals surface area contributed by atoms with E-state index in [0.29, 0.717) is 0 Å². The molecule has 0 saturated heterocycles. The molecule has 0 aromatic heterocycles. The number of hydrogen-bond donors (Lipinski definition) is 3. The Labute approximate surface area is 90.3 Å². The Balaban J connectivity index is 4.32. The predicted octanol–water partition coefficient (Wildman–Crippen LogP) is 1.51. The molecule has 15 heavy (non-hydrogen) atoms. The summed E-state index contributed by atoms with van der Waals surface area (Å²) < 4.78 is 0. The second-order valence-electron chi connectivity index (χ2n) is 3.00. The Morgan fingerprint density at radius 2 is 2.27 bits per heavy atom. The van der Waals surface area contributed by atoms with Gasteiger partial charge in [-0.2, -0.15) is 0 Å². The van der Waals surface area contributed by atoms with Gasteiger partial charge in [0.15, 0.2) is 0 Å². The van der Waals surface area contributed by atoms with Gasteiger partial charge in [-0.25, -0.2) is 5.48 Å². The minimum atomic E-state index is -0.505. The molecule has 0 aliphatic heterocycles. The molecule has 0 saturated carbocycles. The summed E-state index contributed by atoms with van der Waals surface area (Å²) in [6.07, 6.45) is 8.25. The molecule has 3 N–H and O–H groups in total. The van der Waals surface area contributed by atoms with E-state index in [9.17, 15) is 4.79 Å². The van der Waals surface area contributed by atoms with E-state index in [4.69, 9.17) is 5.21 Å². The molecule has 0 radical (unpaired) electrons. The highest BCUT2D eigenvalue weighted by Gasteiger charge is 2.10. The third kappa shape index (κ3) is 5.70. The highest BCUT2D eigenvalue weighted by Crippen LogP contribution is 1.95. The average Bonchev–Trinajstić information content (AvgIpc) is 2.26. The van der Waals surface area contributed by atoms with E-state index < -0.39 is 11.9 Å². The molecule has 4 nitrogen and oxygen atoms in total. The second-order valence-corrected chi connectivity index (χ2v) is 3.00. The zero-order valence-corrected chi connectivity index (χ0v) is 9.16. The van der Waals surface area contributed by atoms with Gasteiger partial charge in [0.25, 0.3) is 5.91 Å². The molecule has 0 bridgehead atoms. The summed E-state index contributed by atoms with van der Waals surface area (Å²) in [5.74, 6) is -0.484. The standard InChI is InChI=1S/C11H18N2O2/c1-4-6-7-8-10(5-2)12-9(3)11(14)13-15/h5-9,12,15H,2,4H2,1,3H3,(H,13,14)/b7-6-,10-8+. The molecule has 0 aliphatic carbocycles. The Hall–Kier alpha value is -1.55. The molecule has 4 heteroatoms. The van der Waals surface area contributed by atoms with Crippen molar-refractivity contribution in [3.63, 3.8) is 0 Å². The van der Waals surface area contributed by atoms with Gasteiger partial charge in [-0.1, -0.05) is 25.7 Å². The quantitative estimate of drug-likeness (QED) is 0.354. The minimum absolute atomic E-state index is 0.484. The lowest BCUT2D eigenvalue weighted by Crippen LogP contribution is -2.40. The normalized spacial score (nSPS) is 13.7. The molecule has 1 atom stereocenters. The first kappa shape index (κ1) is 13.4. The maximum Gasteiger partial charge on any atom is 0.265 e. The van der Waals surface area contributed by atoms with Crippen LogP contribution in [0.4, 0.5) is 0 Å². The third-order valence-electron chi connectivity index (χ3n) is 1.75. The van der Waals surface area contributed by atoms with Crippen LogP contribution >= 0.6 is 0 Å². The molecule has 1 unspecified atom stereocenters. The number of carbonyl (C=O) groups excluding carboxylic acids is 1. The number of amides is 1. The number of hydrogen-bond acceptors (Lipinski definition) is 3. The van der Waals surface area contributed by atoms with Crippen LogP contribution in [0.1, 0.15) is 20.3 Å². The Bertz CT molecular complexity index is 270. The van der Waals surface area contributed by atoms with Crippen LogP contribution < -0.4 is 10.8 Å². The van der Waals surface area contributed by atoms with Crippen LogP contribution in [-0.2, 0) is 4.79 Å². The third-order valence-corrected chi connectivity index (χ3v) is 1.75. The lowest BCUT2D eigenvalue weighted by atomic mass is 10.2. The molecule has 0 heterocycles. The summed E-state index contributed by atoms with van der Waals surface area (Å²) in [4.78, 5) is 11.0. The molecule has 0 rings (SSSR count). The maximum atomic E-state index is 11.0. The van der Waals surface area contributed by atoms with Gasteiger partial charge in [-0.15, -0.1) is 0 Å². The molecular formula is C11H18N2O2. The first-order valence-corrected chi connectivity index (χ1v) is 4.85. The van der Waals surface area contributed by atoms with E-state index in [1.165, 1.54) is 0 Å². The number of allylic oxidation sites excluding steroid dienone is 4. The zero-order chi connectivity index (χ0) is 11.7. The van der Waals surface area contributed by atoms with E-state index in [2.05, 4.69) is 11.9 Å². The van der Waals surface area contributed by atoms with Crippen LogP contribution in [0.25, 0.3) is 0 Å². The highest BCUT2D eigenvalue weighted by molar-refractivity contribution is 5.80. The lowest BCUT2D eigenvalue weighted by molar-refractivity contribution is -0.130. The van der Waals surface area contributed by atoms with Crippen LogP contribution in [0.5, 0.6) is 0 Å². The van der Waals surface area contributed by atoms with E-state index in [-0.39, 0.29) is 0 Å². The number of rotatable bonds is 6. The fraction of sp³-hybridized carbons (Fsp3) is 0.364. The van der Waals surface area contributed by atoms with Gasteiger partial charge < -0.3 is 5.32 Å². The topological polar surface area (TPSA) is 61.4 Å². The van der Waals surface area contributed by atoms with Crippen molar-refractivity contribution in [2.75, 3.05) is 0 Å². The predicted molar refractivity (Wildman–Crippen MR) is 60.2 cm³/mol. The van der Waals surface area contributed by atoms with E-state index in [1.807, 2.05) is 25.2 Å². The first-order valence-electron chi connectivity index (χ1n) is 4.85. The molecule has 0 aliphatic rings. The van der Waals surface area contributed by atoms with Gasteiger partial charge in [0.05, 0.1) is 0 Å². The molecule has 0 aromatic rings. The zero-order valence-electron chi connectivity index (χ0n) is 9.16. The van der Waals surface area contributed by atoms with E-state index in [1.54, 1.807) is 18.5 Å². The van der Waals surface area contributed by atoms with Crippen molar-refractivity contribution in [3.8, 4) is 0 Å². The van der Waals surface area contributed by atoms with Crippen molar-refractivity contribution in [2.24, 2.45) is 0 Å². The summed E-state index contributed by atoms with van der Waals surface area (Å²) in [6, 6.07) is -0.505. The minimum Gasteiger partial charge on any atom is -0.374 e. The fourth-order valence-corrected chi connectivity index (χ4v) is 0.895. The molecule has 84 valence electrons. The Kier molecular flexibility index (Phi) is 7.01. The SMILES string of the molecule is C=C/C(=C\C=C/CC)NC(C)C(=O)NO. The monoisotopic (exact) mass is 210 g/mol. The molecular weight excluding hydrogens is 192 g/mol. The van der Waals surface area contributed by atoms with Gasteiger partial charge in [-0.3, -0.25) is 10.0 Å². The van der Waals surface area contributed by atoms with Gasteiger partial charge >= 0.3 is 0 Å². The Morgan fingerprint density at radius 3 is 2.73 bits per heavy atom. The van der Waals surface area contributed by atoms with Crippen LogP contribution in [0.2, 0.25) is 0 Å². The lowest BCUT2D eigenvalue weighted by Gasteiger charge is -2.13.